The van der Waals surface area contributed by atoms with Crippen LogP contribution in [0.5, 0.6) is 0 Å². The van der Waals surface area contributed by atoms with Crippen LogP contribution in [0.2, 0.25) is 0 Å². The second-order valence-electron chi connectivity index (χ2n) is 7.92. The first-order chi connectivity index (χ1) is 10.2. The molecule has 5 fully saturated rings. The highest BCUT2D eigenvalue weighted by molar-refractivity contribution is 5.77. The fraction of sp³-hybridized carbons (Fsp3) is 0.882. The number of amides is 1. The Morgan fingerprint density at radius 2 is 1.81 bits per heavy atom. The molecule has 5 rings (SSSR count). The van der Waals surface area contributed by atoms with E-state index in [0.29, 0.717) is 31.5 Å². The van der Waals surface area contributed by atoms with Gasteiger partial charge in [0.1, 0.15) is 0 Å². The van der Waals surface area contributed by atoms with Gasteiger partial charge in [0.15, 0.2) is 6.10 Å². The quantitative estimate of drug-likeness (QED) is 0.783. The van der Waals surface area contributed by atoms with Gasteiger partial charge in [-0.1, -0.05) is 0 Å². The van der Waals surface area contributed by atoms with Crippen LogP contribution >= 0.6 is 0 Å². The van der Waals surface area contributed by atoms with Crippen molar-refractivity contribution < 1.29 is 9.53 Å². The zero-order valence-electron chi connectivity index (χ0n) is 12.6. The van der Waals surface area contributed by atoms with Crippen molar-refractivity contribution in [2.24, 2.45) is 23.2 Å². The molecular weight excluding hydrogens is 264 g/mol. The monoisotopic (exact) mass is 288 g/mol. The molecule has 4 aliphatic carbocycles. The minimum atomic E-state index is -0.431. The number of hydrogen-bond acceptors (Lipinski definition) is 3. The maximum Gasteiger partial charge on any atom is 0.223 e. The van der Waals surface area contributed by atoms with Gasteiger partial charge in [-0.2, -0.15) is 5.26 Å². The summed E-state index contributed by atoms with van der Waals surface area (Å²) in [7, 11) is 0. The Hall–Kier alpha value is -1.08. The van der Waals surface area contributed by atoms with Crippen molar-refractivity contribution >= 4 is 5.91 Å². The van der Waals surface area contributed by atoms with Crippen molar-refractivity contribution in [2.75, 3.05) is 19.7 Å². The van der Waals surface area contributed by atoms with Crippen LogP contribution in [0.15, 0.2) is 0 Å². The van der Waals surface area contributed by atoms with E-state index in [-0.39, 0.29) is 5.91 Å². The Balaban J connectivity index is 1.43. The minimum Gasteiger partial charge on any atom is -0.360 e. The van der Waals surface area contributed by atoms with Gasteiger partial charge in [-0.3, -0.25) is 4.79 Å². The van der Waals surface area contributed by atoms with E-state index in [1.807, 2.05) is 4.90 Å². The summed E-state index contributed by atoms with van der Waals surface area (Å²) in [4.78, 5) is 14.6. The third-order valence-electron chi connectivity index (χ3n) is 6.25. The molecule has 0 N–H and O–H groups in total. The van der Waals surface area contributed by atoms with E-state index in [2.05, 4.69) is 6.07 Å². The van der Waals surface area contributed by atoms with Crippen molar-refractivity contribution in [3.63, 3.8) is 0 Å². The summed E-state index contributed by atoms with van der Waals surface area (Å²) >= 11 is 0. The van der Waals surface area contributed by atoms with Gasteiger partial charge in [0.2, 0.25) is 5.91 Å². The lowest BCUT2D eigenvalue weighted by atomic mass is 9.49. The van der Waals surface area contributed by atoms with Crippen LogP contribution in [0.3, 0.4) is 0 Å². The van der Waals surface area contributed by atoms with Crippen LogP contribution in [-0.2, 0) is 9.53 Å². The molecule has 0 radical (unpaired) electrons. The number of rotatable bonds is 2. The molecule has 1 heterocycles. The maximum absolute atomic E-state index is 12.7. The molecule has 21 heavy (non-hydrogen) atoms. The molecule has 1 amide bonds. The highest BCUT2D eigenvalue weighted by Crippen LogP contribution is 2.61. The molecule has 1 atom stereocenters. The van der Waals surface area contributed by atoms with Crippen LogP contribution in [0.4, 0.5) is 0 Å². The second-order valence-corrected chi connectivity index (χ2v) is 7.92. The SMILES string of the molecule is N#CC1CN(C(=O)CC23CC4CC(CC(C4)C2)C3)CCO1. The Morgan fingerprint density at radius 3 is 2.38 bits per heavy atom. The van der Waals surface area contributed by atoms with Crippen molar-refractivity contribution in [2.45, 2.75) is 51.0 Å². The Labute approximate surface area is 126 Å². The molecule has 0 aromatic carbocycles. The average molecular weight is 288 g/mol. The third kappa shape index (κ3) is 2.46. The summed E-state index contributed by atoms with van der Waals surface area (Å²) in [5.41, 5.74) is 0.298. The van der Waals surface area contributed by atoms with E-state index in [4.69, 9.17) is 10.00 Å². The maximum atomic E-state index is 12.7. The smallest absolute Gasteiger partial charge is 0.223 e. The van der Waals surface area contributed by atoms with Crippen LogP contribution in [-0.4, -0.2) is 36.6 Å². The van der Waals surface area contributed by atoms with E-state index in [1.165, 1.54) is 38.5 Å². The molecule has 0 spiro atoms. The van der Waals surface area contributed by atoms with Crippen molar-refractivity contribution in [1.29, 1.82) is 5.26 Å². The van der Waals surface area contributed by atoms with Crippen LogP contribution in [0.25, 0.3) is 0 Å². The molecule has 0 aromatic heterocycles. The molecule has 4 saturated carbocycles. The van der Waals surface area contributed by atoms with Gasteiger partial charge in [-0.15, -0.1) is 0 Å². The Morgan fingerprint density at radius 1 is 1.19 bits per heavy atom. The summed E-state index contributed by atoms with van der Waals surface area (Å²) in [5, 5.41) is 8.98. The van der Waals surface area contributed by atoms with E-state index < -0.39 is 6.10 Å². The largest absolute Gasteiger partial charge is 0.360 e. The molecule has 114 valence electrons. The van der Waals surface area contributed by atoms with E-state index in [1.54, 1.807) is 0 Å². The van der Waals surface area contributed by atoms with Gasteiger partial charge in [0.05, 0.1) is 19.2 Å². The summed E-state index contributed by atoms with van der Waals surface area (Å²) < 4.78 is 5.35. The lowest BCUT2D eigenvalue weighted by molar-refractivity contribution is -0.145. The van der Waals surface area contributed by atoms with Crippen LogP contribution in [0.1, 0.15) is 44.9 Å². The first-order valence-corrected chi connectivity index (χ1v) is 8.45. The summed E-state index contributed by atoms with van der Waals surface area (Å²) in [6.45, 7) is 1.62. The third-order valence-corrected chi connectivity index (χ3v) is 6.25. The number of carbonyl (C=O) groups excluding carboxylic acids is 1. The number of ether oxygens (including phenoxy) is 1. The standard InChI is InChI=1S/C17H24N2O2/c18-10-15-11-19(1-2-21-15)16(20)9-17-6-12-3-13(7-17)5-14(4-12)8-17/h12-15H,1-9,11H2. The fourth-order valence-corrected chi connectivity index (χ4v) is 5.89. The highest BCUT2D eigenvalue weighted by atomic mass is 16.5. The van der Waals surface area contributed by atoms with Crippen LogP contribution < -0.4 is 0 Å². The van der Waals surface area contributed by atoms with Crippen molar-refractivity contribution in [3.05, 3.63) is 0 Å². The molecule has 4 bridgehead atoms. The van der Waals surface area contributed by atoms with Gasteiger partial charge in [-0.25, -0.2) is 0 Å². The molecule has 1 saturated heterocycles. The summed E-state index contributed by atoms with van der Waals surface area (Å²) in [6, 6.07) is 2.13. The predicted octanol–water partition coefficient (Wildman–Crippen LogP) is 2.34. The van der Waals surface area contributed by atoms with Gasteiger partial charge in [0.25, 0.3) is 0 Å². The number of morpholine rings is 1. The normalized spacial score (nSPS) is 44.6. The molecule has 4 nitrogen and oxygen atoms in total. The first kappa shape index (κ1) is 13.6. The molecule has 1 aliphatic heterocycles. The van der Waals surface area contributed by atoms with E-state index in [9.17, 15) is 4.79 Å². The number of nitriles is 1. The fourth-order valence-electron chi connectivity index (χ4n) is 5.89. The second kappa shape index (κ2) is 4.98. The predicted molar refractivity (Wildman–Crippen MR) is 77.2 cm³/mol. The highest BCUT2D eigenvalue weighted by Gasteiger charge is 2.51. The molecular formula is C17H24N2O2. The number of nitrogens with zero attached hydrogens (tertiary/aromatic N) is 2. The summed E-state index contributed by atoms with van der Waals surface area (Å²) in [5.74, 6) is 2.93. The van der Waals surface area contributed by atoms with Crippen molar-refractivity contribution in [3.8, 4) is 6.07 Å². The molecule has 5 aliphatic rings. The van der Waals surface area contributed by atoms with E-state index in [0.717, 1.165) is 17.8 Å². The topological polar surface area (TPSA) is 53.3 Å². The first-order valence-electron chi connectivity index (χ1n) is 8.45. The van der Waals surface area contributed by atoms with Gasteiger partial charge < -0.3 is 9.64 Å². The van der Waals surface area contributed by atoms with Crippen molar-refractivity contribution in [1.82, 2.24) is 4.90 Å². The van der Waals surface area contributed by atoms with E-state index >= 15 is 0 Å². The number of carbonyl (C=O) groups is 1. The zero-order valence-corrected chi connectivity index (χ0v) is 12.6. The molecule has 4 heteroatoms. The number of hydrogen-bond donors (Lipinski definition) is 0. The Kier molecular flexibility index (Phi) is 3.22. The average Bonchev–Trinajstić information content (AvgIpc) is 2.45. The molecule has 0 aromatic rings. The Bertz CT molecular complexity index is 446. The van der Waals surface area contributed by atoms with Crippen LogP contribution in [0, 0.1) is 34.5 Å². The van der Waals surface area contributed by atoms with Gasteiger partial charge >= 0.3 is 0 Å². The summed E-state index contributed by atoms with van der Waals surface area (Å²) in [6.07, 6.45) is 8.36. The van der Waals surface area contributed by atoms with Gasteiger partial charge in [-0.05, 0) is 61.7 Å². The van der Waals surface area contributed by atoms with Gasteiger partial charge in [0, 0.05) is 13.0 Å². The lowest BCUT2D eigenvalue weighted by Crippen LogP contribution is -2.50. The zero-order chi connectivity index (χ0) is 14.4. The lowest BCUT2D eigenvalue weighted by Gasteiger charge is -2.57. The molecule has 1 unspecified atom stereocenters. The minimum absolute atomic E-state index is 0.264.